The predicted molar refractivity (Wildman–Crippen MR) is 58.1 cm³/mol. The van der Waals surface area contributed by atoms with Crippen LogP contribution in [0.4, 0.5) is 0 Å². The van der Waals surface area contributed by atoms with Crippen LogP contribution in [0.2, 0.25) is 0 Å². The molecule has 1 heterocycles. The Hall–Kier alpha value is -0.650. The maximum Gasteiger partial charge on any atom is 0.327 e. The minimum atomic E-state index is -0.784. The number of methoxy groups -OCH3 is 1. The highest BCUT2D eigenvalue weighted by Gasteiger charge is 2.18. The minimum absolute atomic E-state index is 0. The summed E-state index contributed by atoms with van der Waals surface area (Å²) in [6.07, 6.45) is 1.61. The van der Waals surface area contributed by atoms with Crippen molar-refractivity contribution in [3.05, 3.63) is 28.5 Å². The molecule has 0 aromatic carbocycles. The van der Waals surface area contributed by atoms with Crippen molar-refractivity contribution in [3.63, 3.8) is 0 Å². The summed E-state index contributed by atoms with van der Waals surface area (Å²) in [5, 5.41) is 0. The van der Waals surface area contributed by atoms with Gasteiger partial charge in [0.15, 0.2) is 0 Å². The van der Waals surface area contributed by atoms with Gasteiger partial charge in [-0.15, -0.1) is 12.4 Å². The van der Waals surface area contributed by atoms with Crippen LogP contribution in [0.15, 0.2) is 22.9 Å². The average molecular weight is 282 g/mol. The third-order valence-electron chi connectivity index (χ3n) is 1.58. The van der Waals surface area contributed by atoms with Crippen LogP contribution in [0, 0.1) is 0 Å². The van der Waals surface area contributed by atoms with E-state index in [0.29, 0.717) is 10.2 Å². The molecule has 0 spiro atoms. The summed E-state index contributed by atoms with van der Waals surface area (Å²) in [7, 11) is 1.30. The molecule has 0 aliphatic heterocycles. The molecule has 0 fully saturated rings. The van der Waals surface area contributed by atoms with E-state index < -0.39 is 12.0 Å². The summed E-state index contributed by atoms with van der Waals surface area (Å²) in [5.41, 5.74) is 6.23. The molecule has 6 heteroatoms. The van der Waals surface area contributed by atoms with Crippen molar-refractivity contribution in [1.82, 2.24) is 4.98 Å². The standard InChI is InChI=1S/C8H9BrN2O2.ClH/c1-13-8(12)6(10)5-3-2-4-11-7(5)9;/h2-4,6H,10H2,1H3;1H/t6-;/m1./s1. The van der Waals surface area contributed by atoms with Crippen LogP contribution in [0.5, 0.6) is 0 Å². The summed E-state index contributed by atoms with van der Waals surface area (Å²) >= 11 is 3.20. The molecule has 1 atom stereocenters. The molecule has 0 amide bonds. The molecule has 1 aromatic heterocycles. The first kappa shape index (κ1) is 13.4. The molecule has 0 unspecified atom stereocenters. The lowest BCUT2D eigenvalue weighted by Gasteiger charge is -2.09. The highest BCUT2D eigenvalue weighted by Crippen LogP contribution is 2.19. The van der Waals surface area contributed by atoms with Crippen molar-refractivity contribution >= 4 is 34.3 Å². The summed E-state index contributed by atoms with van der Waals surface area (Å²) in [5.74, 6) is -0.478. The van der Waals surface area contributed by atoms with Gasteiger partial charge >= 0.3 is 5.97 Å². The summed E-state index contributed by atoms with van der Waals surface area (Å²) in [6, 6.07) is 2.65. The number of pyridine rings is 1. The van der Waals surface area contributed by atoms with E-state index in [0.717, 1.165) is 0 Å². The van der Waals surface area contributed by atoms with Gasteiger partial charge in [-0.3, -0.25) is 4.79 Å². The number of ether oxygens (including phenoxy) is 1. The van der Waals surface area contributed by atoms with Gasteiger partial charge in [0.2, 0.25) is 0 Å². The van der Waals surface area contributed by atoms with Crippen LogP contribution >= 0.6 is 28.3 Å². The number of carbonyl (C=O) groups is 1. The smallest absolute Gasteiger partial charge is 0.327 e. The van der Waals surface area contributed by atoms with Crippen molar-refractivity contribution in [2.45, 2.75) is 6.04 Å². The molecule has 4 nitrogen and oxygen atoms in total. The molecule has 14 heavy (non-hydrogen) atoms. The molecule has 0 radical (unpaired) electrons. The van der Waals surface area contributed by atoms with Gasteiger partial charge in [0.05, 0.1) is 7.11 Å². The Kier molecular flexibility index (Phi) is 5.68. The van der Waals surface area contributed by atoms with Crippen molar-refractivity contribution in [3.8, 4) is 0 Å². The van der Waals surface area contributed by atoms with Gasteiger partial charge < -0.3 is 10.5 Å². The quantitative estimate of drug-likeness (QED) is 0.658. The molecule has 78 valence electrons. The second kappa shape index (κ2) is 5.95. The molecule has 0 bridgehead atoms. The normalized spacial score (nSPS) is 11.4. The number of esters is 1. The third-order valence-corrected chi connectivity index (χ3v) is 2.24. The third kappa shape index (κ3) is 2.94. The van der Waals surface area contributed by atoms with E-state index in [1.165, 1.54) is 7.11 Å². The fraction of sp³-hybridized carbons (Fsp3) is 0.250. The summed E-state index contributed by atoms with van der Waals surface area (Å²) < 4.78 is 5.07. The topological polar surface area (TPSA) is 65.2 Å². The molecule has 2 N–H and O–H groups in total. The number of aromatic nitrogens is 1. The van der Waals surface area contributed by atoms with Gasteiger partial charge in [0, 0.05) is 11.8 Å². The Bertz CT molecular complexity index is 322. The Morgan fingerprint density at radius 3 is 2.86 bits per heavy atom. The van der Waals surface area contributed by atoms with Gasteiger partial charge in [0.25, 0.3) is 0 Å². The zero-order chi connectivity index (χ0) is 9.84. The van der Waals surface area contributed by atoms with E-state index >= 15 is 0 Å². The molecule has 0 saturated carbocycles. The zero-order valence-corrected chi connectivity index (χ0v) is 9.84. The van der Waals surface area contributed by atoms with E-state index in [1.54, 1.807) is 18.3 Å². The highest BCUT2D eigenvalue weighted by molar-refractivity contribution is 9.10. The number of rotatable bonds is 2. The second-order valence-electron chi connectivity index (χ2n) is 2.38. The molecule has 1 rings (SSSR count). The first-order chi connectivity index (χ1) is 6.16. The fourth-order valence-corrected chi connectivity index (χ4v) is 1.38. The van der Waals surface area contributed by atoms with Crippen LogP contribution in [-0.2, 0) is 9.53 Å². The maximum absolute atomic E-state index is 11.1. The van der Waals surface area contributed by atoms with E-state index in [9.17, 15) is 4.79 Å². The van der Waals surface area contributed by atoms with E-state index in [4.69, 9.17) is 5.73 Å². The number of nitrogens with zero attached hydrogens (tertiary/aromatic N) is 1. The van der Waals surface area contributed by atoms with Gasteiger partial charge in [-0.1, -0.05) is 6.07 Å². The number of hydrogen-bond donors (Lipinski definition) is 1. The number of hydrogen-bond acceptors (Lipinski definition) is 4. The van der Waals surface area contributed by atoms with Crippen LogP contribution in [0.1, 0.15) is 11.6 Å². The maximum atomic E-state index is 11.1. The molecular formula is C8H10BrClN2O2. The van der Waals surface area contributed by atoms with E-state index in [1.807, 2.05) is 0 Å². The molecule has 0 saturated heterocycles. The highest BCUT2D eigenvalue weighted by atomic mass is 79.9. The zero-order valence-electron chi connectivity index (χ0n) is 7.44. The van der Waals surface area contributed by atoms with Crippen molar-refractivity contribution in [1.29, 1.82) is 0 Å². The Labute approximate surface area is 96.4 Å². The van der Waals surface area contributed by atoms with E-state index in [-0.39, 0.29) is 12.4 Å². The first-order valence-corrected chi connectivity index (χ1v) is 4.40. The van der Waals surface area contributed by atoms with Gasteiger partial charge in [-0.05, 0) is 22.0 Å². The van der Waals surface area contributed by atoms with Crippen molar-refractivity contribution in [2.24, 2.45) is 5.73 Å². The lowest BCUT2D eigenvalue weighted by atomic mass is 10.1. The number of halogens is 2. The van der Waals surface area contributed by atoms with Crippen LogP contribution in [0.25, 0.3) is 0 Å². The van der Waals surface area contributed by atoms with Gasteiger partial charge in [-0.2, -0.15) is 0 Å². The van der Waals surface area contributed by atoms with Crippen LogP contribution in [0.3, 0.4) is 0 Å². The Morgan fingerprint density at radius 2 is 2.36 bits per heavy atom. The first-order valence-electron chi connectivity index (χ1n) is 3.60. The Morgan fingerprint density at radius 1 is 1.71 bits per heavy atom. The lowest BCUT2D eigenvalue weighted by Crippen LogP contribution is -2.23. The van der Waals surface area contributed by atoms with E-state index in [2.05, 4.69) is 25.7 Å². The number of nitrogens with two attached hydrogens (primary N) is 1. The number of carbonyl (C=O) groups excluding carboxylic acids is 1. The SMILES string of the molecule is COC(=O)[C@H](N)c1cccnc1Br.Cl. The molecule has 1 aromatic rings. The monoisotopic (exact) mass is 280 g/mol. The van der Waals surface area contributed by atoms with Crippen LogP contribution in [-0.4, -0.2) is 18.1 Å². The Balaban J connectivity index is 0.00000169. The lowest BCUT2D eigenvalue weighted by molar-refractivity contribution is -0.142. The van der Waals surface area contributed by atoms with Crippen LogP contribution < -0.4 is 5.73 Å². The second-order valence-corrected chi connectivity index (χ2v) is 3.14. The summed E-state index contributed by atoms with van der Waals surface area (Å²) in [6.45, 7) is 0. The fourth-order valence-electron chi connectivity index (χ4n) is 0.884. The average Bonchev–Trinajstić information content (AvgIpc) is 2.16. The van der Waals surface area contributed by atoms with Crippen molar-refractivity contribution in [2.75, 3.05) is 7.11 Å². The molecule has 0 aliphatic rings. The summed E-state index contributed by atoms with van der Waals surface area (Å²) in [4.78, 5) is 15.0. The van der Waals surface area contributed by atoms with Gasteiger partial charge in [-0.25, -0.2) is 4.98 Å². The predicted octanol–water partition coefficient (Wildman–Crippen LogP) is 1.44. The minimum Gasteiger partial charge on any atom is -0.468 e. The van der Waals surface area contributed by atoms with Gasteiger partial charge in [0.1, 0.15) is 10.6 Å². The largest absolute Gasteiger partial charge is 0.468 e. The van der Waals surface area contributed by atoms with Crippen molar-refractivity contribution < 1.29 is 9.53 Å². The molecular weight excluding hydrogens is 271 g/mol. The molecule has 0 aliphatic carbocycles.